The summed E-state index contributed by atoms with van der Waals surface area (Å²) in [4.78, 5) is 18.1. The van der Waals surface area contributed by atoms with Gasteiger partial charge in [-0.2, -0.15) is 0 Å². The number of rotatable bonds is 5. The van der Waals surface area contributed by atoms with Gasteiger partial charge in [0.25, 0.3) is 5.56 Å². The summed E-state index contributed by atoms with van der Waals surface area (Å²) in [5.41, 5.74) is 0.709. The number of nitrogens with one attached hydrogen (secondary N) is 2. The molecule has 0 aliphatic heterocycles. The maximum atomic E-state index is 11.4. The molecule has 2 aromatic rings. The number of benzene rings is 1. The third kappa shape index (κ3) is 3.69. The van der Waals surface area contributed by atoms with Crippen LogP contribution in [0.25, 0.3) is 0 Å². The minimum Gasteiger partial charge on any atom is -0.494 e. The minimum absolute atomic E-state index is 0.152. The number of aromatic nitrogens is 2. The second-order valence-corrected chi connectivity index (χ2v) is 4.97. The standard InChI is InChI=1S/C13H14IN3O2/c1-2-7-19-10-5-3-9(4-6-10)17-12-11(14)13(18)16-8-15-12/h3-6,8H,2,7H2,1H3,(H2,15,16,17,18). The number of halogens is 1. The van der Waals surface area contributed by atoms with Crippen molar-refractivity contribution >= 4 is 34.1 Å². The Morgan fingerprint density at radius 2 is 2.11 bits per heavy atom. The van der Waals surface area contributed by atoms with Gasteiger partial charge in [0.1, 0.15) is 9.32 Å². The average molecular weight is 371 g/mol. The van der Waals surface area contributed by atoms with Crippen LogP contribution in [0.1, 0.15) is 13.3 Å². The smallest absolute Gasteiger partial charge is 0.266 e. The number of ether oxygens (including phenoxy) is 1. The summed E-state index contributed by atoms with van der Waals surface area (Å²) in [6.45, 7) is 2.77. The fraction of sp³-hybridized carbons (Fsp3) is 0.231. The highest BCUT2D eigenvalue weighted by Gasteiger charge is 2.05. The molecule has 0 radical (unpaired) electrons. The lowest BCUT2D eigenvalue weighted by Crippen LogP contribution is -2.12. The van der Waals surface area contributed by atoms with Crippen molar-refractivity contribution in [3.8, 4) is 5.75 Å². The first-order valence-corrected chi connectivity index (χ1v) is 7.01. The van der Waals surface area contributed by atoms with Crippen LogP contribution in [0.3, 0.4) is 0 Å². The summed E-state index contributed by atoms with van der Waals surface area (Å²) >= 11 is 1.96. The Kier molecular flexibility index (Phi) is 4.78. The van der Waals surface area contributed by atoms with E-state index in [1.54, 1.807) is 0 Å². The number of aromatic amines is 1. The number of nitrogens with zero attached hydrogens (tertiary/aromatic N) is 1. The fourth-order valence-electron chi connectivity index (χ4n) is 1.46. The lowest BCUT2D eigenvalue weighted by atomic mass is 10.3. The molecule has 6 heteroatoms. The van der Waals surface area contributed by atoms with Gasteiger partial charge < -0.3 is 15.0 Å². The van der Waals surface area contributed by atoms with Crippen molar-refractivity contribution < 1.29 is 4.74 Å². The minimum atomic E-state index is -0.152. The molecule has 0 unspecified atom stereocenters. The molecule has 1 aromatic carbocycles. The quantitative estimate of drug-likeness (QED) is 0.794. The van der Waals surface area contributed by atoms with E-state index >= 15 is 0 Å². The van der Waals surface area contributed by atoms with Gasteiger partial charge in [-0.05, 0) is 53.3 Å². The first kappa shape index (κ1) is 13.9. The Bertz CT molecular complexity index is 596. The number of anilines is 2. The topological polar surface area (TPSA) is 67.0 Å². The molecule has 19 heavy (non-hydrogen) atoms. The maximum absolute atomic E-state index is 11.4. The van der Waals surface area contributed by atoms with E-state index in [-0.39, 0.29) is 5.56 Å². The summed E-state index contributed by atoms with van der Waals surface area (Å²) < 4.78 is 6.04. The van der Waals surface area contributed by atoms with E-state index in [0.717, 1.165) is 17.9 Å². The molecule has 2 N–H and O–H groups in total. The molecule has 0 fully saturated rings. The lowest BCUT2D eigenvalue weighted by molar-refractivity contribution is 0.317. The van der Waals surface area contributed by atoms with E-state index < -0.39 is 0 Å². The van der Waals surface area contributed by atoms with Gasteiger partial charge in [0.2, 0.25) is 0 Å². The van der Waals surface area contributed by atoms with Crippen LogP contribution >= 0.6 is 22.6 Å². The predicted molar refractivity (Wildman–Crippen MR) is 83.1 cm³/mol. The molecule has 0 aliphatic rings. The largest absolute Gasteiger partial charge is 0.494 e. The molecule has 2 rings (SSSR count). The van der Waals surface area contributed by atoms with Gasteiger partial charge in [-0.15, -0.1) is 0 Å². The van der Waals surface area contributed by atoms with Crippen molar-refractivity contribution in [2.24, 2.45) is 0 Å². The highest BCUT2D eigenvalue weighted by Crippen LogP contribution is 2.20. The average Bonchev–Trinajstić information content (AvgIpc) is 2.43. The zero-order valence-electron chi connectivity index (χ0n) is 10.4. The fourth-order valence-corrected chi connectivity index (χ4v) is 1.89. The summed E-state index contributed by atoms with van der Waals surface area (Å²) in [7, 11) is 0. The number of H-pyrrole nitrogens is 1. The van der Waals surface area contributed by atoms with E-state index in [1.165, 1.54) is 6.33 Å². The van der Waals surface area contributed by atoms with Crippen LogP contribution in [0, 0.1) is 3.57 Å². The number of hydrogen-bond donors (Lipinski definition) is 2. The molecule has 0 amide bonds. The van der Waals surface area contributed by atoms with Crippen LogP contribution in [0.2, 0.25) is 0 Å². The highest BCUT2D eigenvalue weighted by atomic mass is 127. The lowest BCUT2D eigenvalue weighted by Gasteiger charge is -2.08. The molecular weight excluding hydrogens is 357 g/mol. The predicted octanol–water partition coefficient (Wildman–Crippen LogP) is 2.91. The molecule has 0 saturated carbocycles. The van der Waals surface area contributed by atoms with E-state index in [9.17, 15) is 4.79 Å². The molecule has 0 atom stereocenters. The van der Waals surface area contributed by atoms with Crippen LogP contribution < -0.4 is 15.6 Å². The Morgan fingerprint density at radius 3 is 2.79 bits per heavy atom. The molecule has 0 spiro atoms. The Balaban J connectivity index is 2.11. The third-order valence-corrected chi connectivity index (χ3v) is 3.39. The normalized spacial score (nSPS) is 10.2. The van der Waals surface area contributed by atoms with Gasteiger partial charge >= 0.3 is 0 Å². The van der Waals surface area contributed by atoms with Crippen LogP contribution in [0.5, 0.6) is 5.75 Å². The van der Waals surface area contributed by atoms with Gasteiger partial charge in [-0.25, -0.2) is 4.98 Å². The Hall–Kier alpha value is -1.57. The first-order chi connectivity index (χ1) is 9.20. The second kappa shape index (κ2) is 6.55. The maximum Gasteiger partial charge on any atom is 0.266 e. The highest BCUT2D eigenvalue weighted by molar-refractivity contribution is 14.1. The monoisotopic (exact) mass is 371 g/mol. The molecule has 0 aliphatic carbocycles. The van der Waals surface area contributed by atoms with E-state index in [1.807, 2.05) is 46.9 Å². The van der Waals surface area contributed by atoms with Crippen LogP contribution in [-0.2, 0) is 0 Å². The molecule has 100 valence electrons. The van der Waals surface area contributed by atoms with E-state index in [2.05, 4.69) is 22.2 Å². The van der Waals surface area contributed by atoms with E-state index in [4.69, 9.17) is 4.74 Å². The summed E-state index contributed by atoms with van der Waals surface area (Å²) in [5.74, 6) is 1.38. The SMILES string of the molecule is CCCOc1ccc(Nc2nc[nH]c(=O)c2I)cc1. The molecule has 1 aromatic heterocycles. The molecular formula is C13H14IN3O2. The van der Waals surface area contributed by atoms with Crippen molar-refractivity contribution in [1.29, 1.82) is 0 Å². The van der Waals surface area contributed by atoms with E-state index in [0.29, 0.717) is 16.0 Å². The first-order valence-electron chi connectivity index (χ1n) is 5.93. The van der Waals surface area contributed by atoms with Gasteiger partial charge in [-0.3, -0.25) is 4.79 Å². The van der Waals surface area contributed by atoms with Gasteiger partial charge in [0.15, 0.2) is 5.82 Å². The van der Waals surface area contributed by atoms with Crippen molar-refractivity contribution in [2.75, 3.05) is 11.9 Å². The summed E-state index contributed by atoms with van der Waals surface area (Å²) in [6, 6.07) is 7.56. The van der Waals surface area contributed by atoms with Gasteiger partial charge in [0.05, 0.1) is 12.9 Å². The Labute approximate surface area is 124 Å². The summed E-state index contributed by atoms with van der Waals surface area (Å²) in [6.07, 6.45) is 2.36. The van der Waals surface area contributed by atoms with Crippen molar-refractivity contribution in [3.63, 3.8) is 0 Å². The third-order valence-electron chi connectivity index (χ3n) is 2.39. The molecule has 1 heterocycles. The zero-order chi connectivity index (χ0) is 13.7. The Morgan fingerprint density at radius 1 is 1.37 bits per heavy atom. The second-order valence-electron chi connectivity index (χ2n) is 3.89. The van der Waals surface area contributed by atoms with Gasteiger partial charge in [-0.1, -0.05) is 6.92 Å². The van der Waals surface area contributed by atoms with Gasteiger partial charge in [0, 0.05) is 5.69 Å². The van der Waals surface area contributed by atoms with Crippen LogP contribution in [0.4, 0.5) is 11.5 Å². The van der Waals surface area contributed by atoms with Crippen molar-refractivity contribution in [2.45, 2.75) is 13.3 Å². The molecule has 0 bridgehead atoms. The zero-order valence-corrected chi connectivity index (χ0v) is 12.6. The van der Waals surface area contributed by atoms with Crippen molar-refractivity contribution in [3.05, 3.63) is 44.5 Å². The van der Waals surface area contributed by atoms with Crippen molar-refractivity contribution in [1.82, 2.24) is 9.97 Å². The summed E-state index contributed by atoms with van der Waals surface area (Å²) in [5, 5.41) is 3.10. The number of hydrogen-bond acceptors (Lipinski definition) is 4. The molecule has 5 nitrogen and oxygen atoms in total. The molecule has 0 saturated heterocycles. The van der Waals surface area contributed by atoms with Crippen LogP contribution in [0.15, 0.2) is 35.4 Å². The van der Waals surface area contributed by atoms with Crippen LogP contribution in [-0.4, -0.2) is 16.6 Å².